The van der Waals surface area contributed by atoms with Gasteiger partial charge >= 0.3 is 0 Å². The Morgan fingerprint density at radius 2 is 2.27 bits per heavy atom. The van der Waals surface area contributed by atoms with Crippen molar-refractivity contribution in [2.45, 2.75) is 6.04 Å². The summed E-state index contributed by atoms with van der Waals surface area (Å²) in [5, 5.41) is 3.63. The maximum absolute atomic E-state index is 13.1. The number of halogens is 2. The van der Waals surface area contributed by atoms with E-state index in [-0.39, 0.29) is 5.02 Å². The zero-order valence-corrected chi connectivity index (χ0v) is 8.28. The molecule has 6 heteroatoms. The van der Waals surface area contributed by atoms with Gasteiger partial charge < -0.3 is 10.3 Å². The smallest absolute Gasteiger partial charge is 0.213 e. The second-order valence-electron chi connectivity index (χ2n) is 2.94. The van der Waals surface area contributed by atoms with Crippen molar-refractivity contribution in [3.63, 3.8) is 0 Å². The first kappa shape index (κ1) is 10.1. The zero-order valence-electron chi connectivity index (χ0n) is 7.52. The summed E-state index contributed by atoms with van der Waals surface area (Å²) in [6.45, 7) is 0. The minimum Gasteiger partial charge on any atom is -0.343 e. The van der Waals surface area contributed by atoms with Gasteiger partial charge in [-0.3, -0.25) is 0 Å². The SMILES string of the molecule is NC(c1ccc(Cl)c(F)c1)c1ncon1. The largest absolute Gasteiger partial charge is 0.343 e. The molecule has 0 aliphatic rings. The molecule has 2 N–H and O–H groups in total. The summed E-state index contributed by atoms with van der Waals surface area (Å²) >= 11 is 5.54. The highest BCUT2D eigenvalue weighted by Gasteiger charge is 2.14. The minimum atomic E-state index is -0.615. The van der Waals surface area contributed by atoms with E-state index in [4.69, 9.17) is 17.3 Å². The van der Waals surface area contributed by atoms with Gasteiger partial charge in [0.05, 0.1) is 11.1 Å². The number of nitrogens with zero attached hydrogens (tertiary/aromatic N) is 2. The van der Waals surface area contributed by atoms with Crippen LogP contribution < -0.4 is 5.73 Å². The van der Waals surface area contributed by atoms with Crippen LogP contribution in [-0.4, -0.2) is 10.1 Å². The molecule has 15 heavy (non-hydrogen) atoms. The average Bonchev–Trinajstić information content (AvgIpc) is 2.74. The molecule has 0 aliphatic carbocycles. The topological polar surface area (TPSA) is 64.9 Å². The molecule has 0 spiro atoms. The molecule has 4 nitrogen and oxygen atoms in total. The lowest BCUT2D eigenvalue weighted by atomic mass is 10.1. The van der Waals surface area contributed by atoms with Crippen LogP contribution in [0.5, 0.6) is 0 Å². The first-order valence-electron chi connectivity index (χ1n) is 4.15. The van der Waals surface area contributed by atoms with E-state index in [0.29, 0.717) is 11.4 Å². The van der Waals surface area contributed by atoms with Gasteiger partial charge in [-0.25, -0.2) is 4.39 Å². The third kappa shape index (κ3) is 1.98. The number of rotatable bonds is 2. The third-order valence-electron chi connectivity index (χ3n) is 1.96. The molecule has 0 fully saturated rings. The fourth-order valence-corrected chi connectivity index (χ4v) is 1.29. The molecule has 0 saturated carbocycles. The van der Waals surface area contributed by atoms with Crippen molar-refractivity contribution in [3.05, 3.63) is 46.8 Å². The van der Waals surface area contributed by atoms with Crippen molar-refractivity contribution in [1.29, 1.82) is 0 Å². The van der Waals surface area contributed by atoms with E-state index in [1.807, 2.05) is 0 Å². The Kier molecular flexibility index (Phi) is 2.66. The first-order chi connectivity index (χ1) is 7.18. The van der Waals surface area contributed by atoms with E-state index in [9.17, 15) is 4.39 Å². The Morgan fingerprint density at radius 3 is 2.87 bits per heavy atom. The van der Waals surface area contributed by atoms with Crippen molar-refractivity contribution >= 4 is 11.6 Å². The van der Waals surface area contributed by atoms with E-state index in [0.717, 1.165) is 0 Å². The lowest BCUT2D eigenvalue weighted by molar-refractivity contribution is 0.407. The van der Waals surface area contributed by atoms with Crippen LogP contribution in [-0.2, 0) is 0 Å². The predicted octanol–water partition coefficient (Wildman–Crippen LogP) is 1.91. The van der Waals surface area contributed by atoms with Crippen molar-refractivity contribution in [2.75, 3.05) is 0 Å². The first-order valence-corrected chi connectivity index (χ1v) is 4.53. The molecule has 1 unspecified atom stereocenters. The molecule has 2 rings (SSSR count). The number of aromatic nitrogens is 2. The lowest BCUT2D eigenvalue weighted by Crippen LogP contribution is -2.13. The van der Waals surface area contributed by atoms with Crippen LogP contribution in [0.4, 0.5) is 4.39 Å². The maximum atomic E-state index is 13.1. The fourth-order valence-electron chi connectivity index (χ4n) is 1.17. The Hall–Kier alpha value is -1.46. The molecule has 0 amide bonds. The highest BCUT2D eigenvalue weighted by atomic mass is 35.5. The highest BCUT2D eigenvalue weighted by Crippen LogP contribution is 2.21. The molecular formula is C9H7ClFN3O. The number of benzene rings is 1. The van der Waals surface area contributed by atoms with Crippen molar-refractivity contribution < 1.29 is 8.91 Å². The minimum absolute atomic E-state index is 0.0547. The predicted molar refractivity (Wildman–Crippen MR) is 51.7 cm³/mol. The van der Waals surface area contributed by atoms with Gasteiger partial charge in [-0.1, -0.05) is 22.8 Å². The summed E-state index contributed by atoms with van der Waals surface area (Å²) in [7, 11) is 0. The Labute approximate surface area is 89.8 Å². The molecule has 1 aromatic heterocycles. The van der Waals surface area contributed by atoms with E-state index < -0.39 is 11.9 Å². The van der Waals surface area contributed by atoms with E-state index in [1.54, 1.807) is 6.07 Å². The van der Waals surface area contributed by atoms with Crippen molar-refractivity contribution in [3.8, 4) is 0 Å². The van der Waals surface area contributed by atoms with E-state index in [1.165, 1.54) is 18.5 Å². The van der Waals surface area contributed by atoms with Crippen LogP contribution in [0, 0.1) is 5.82 Å². The van der Waals surface area contributed by atoms with Gasteiger partial charge in [0.1, 0.15) is 5.82 Å². The lowest BCUT2D eigenvalue weighted by Gasteiger charge is -2.07. The number of nitrogens with two attached hydrogens (primary N) is 1. The molecular weight excluding hydrogens is 221 g/mol. The summed E-state index contributed by atoms with van der Waals surface area (Å²) in [5.41, 5.74) is 6.33. The highest BCUT2D eigenvalue weighted by molar-refractivity contribution is 6.30. The van der Waals surface area contributed by atoms with E-state index >= 15 is 0 Å². The summed E-state index contributed by atoms with van der Waals surface area (Å²) in [5.74, 6) is -0.218. The summed E-state index contributed by atoms with van der Waals surface area (Å²) < 4.78 is 17.7. The monoisotopic (exact) mass is 227 g/mol. The van der Waals surface area contributed by atoms with Gasteiger partial charge in [0, 0.05) is 0 Å². The zero-order chi connectivity index (χ0) is 10.8. The van der Waals surface area contributed by atoms with Gasteiger partial charge in [-0.05, 0) is 17.7 Å². The quantitative estimate of drug-likeness (QED) is 0.851. The number of hydrogen-bond donors (Lipinski definition) is 1. The number of hydrogen-bond acceptors (Lipinski definition) is 4. The molecule has 0 radical (unpaired) electrons. The molecule has 1 heterocycles. The normalized spacial score (nSPS) is 12.7. The van der Waals surface area contributed by atoms with Crippen molar-refractivity contribution in [2.24, 2.45) is 5.73 Å². The van der Waals surface area contributed by atoms with E-state index in [2.05, 4.69) is 14.7 Å². The van der Waals surface area contributed by atoms with Gasteiger partial charge in [0.15, 0.2) is 5.82 Å². The van der Waals surface area contributed by atoms with Gasteiger partial charge in [-0.2, -0.15) is 4.98 Å². The Balaban J connectivity index is 2.34. The summed E-state index contributed by atoms with van der Waals surface area (Å²) in [6, 6.07) is 3.69. The molecule has 2 aromatic rings. The van der Waals surface area contributed by atoms with Gasteiger partial charge in [0.2, 0.25) is 6.39 Å². The van der Waals surface area contributed by atoms with Gasteiger partial charge in [0.25, 0.3) is 0 Å². The Morgan fingerprint density at radius 1 is 1.47 bits per heavy atom. The summed E-state index contributed by atoms with van der Waals surface area (Å²) in [6.07, 6.45) is 1.17. The van der Waals surface area contributed by atoms with Crippen LogP contribution in [0.25, 0.3) is 0 Å². The molecule has 0 saturated heterocycles. The third-order valence-corrected chi connectivity index (χ3v) is 2.27. The second-order valence-corrected chi connectivity index (χ2v) is 3.35. The van der Waals surface area contributed by atoms with Crippen LogP contribution in [0.3, 0.4) is 0 Å². The molecule has 1 aromatic carbocycles. The molecule has 1 atom stereocenters. The standard InChI is InChI=1S/C9H7ClFN3O/c10-6-2-1-5(3-7(6)11)8(12)9-13-4-15-14-9/h1-4,8H,12H2. The molecule has 0 aliphatic heterocycles. The van der Waals surface area contributed by atoms with Crippen LogP contribution >= 0.6 is 11.6 Å². The van der Waals surface area contributed by atoms with Crippen LogP contribution in [0.15, 0.2) is 29.1 Å². The molecule has 78 valence electrons. The molecule has 0 bridgehead atoms. The fraction of sp³-hybridized carbons (Fsp3) is 0.111. The van der Waals surface area contributed by atoms with Crippen LogP contribution in [0.1, 0.15) is 17.4 Å². The van der Waals surface area contributed by atoms with Gasteiger partial charge in [-0.15, -0.1) is 0 Å². The second kappa shape index (κ2) is 3.96. The maximum Gasteiger partial charge on any atom is 0.213 e. The van der Waals surface area contributed by atoms with Crippen LogP contribution in [0.2, 0.25) is 5.02 Å². The average molecular weight is 228 g/mol. The Bertz CT molecular complexity index is 460. The van der Waals surface area contributed by atoms with Crippen molar-refractivity contribution in [1.82, 2.24) is 10.1 Å². The summed E-state index contributed by atoms with van der Waals surface area (Å²) in [4.78, 5) is 3.79.